The van der Waals surface area contributed by atoms with Crippen LogP contribution in [0, 0.1) is 5.92 Å². The molecule has 0 fully saturated rings. The first-order chi connectivity index (χ1) is 22.9. The van der Waals surface area contributed by atoms with Crippen molar-refractivity contribution in [2.24, 2.45) is 5.92 Å². The first kappa shape index (κ1) is 37.1. The van der Waals surface area contributed by atoms with E-state index in [9.17, 15) is 23.1 Å². The van der Waals surface area contributed by atoms with E-state index in [1.807, 2.05) is 13.8 Å². The largest absolute Gasteiger partial charge is 0.497 e. The van der Waals surface area contributed by atoms with Gasteiger partial charge in [0.05, 0.1) is 37.5 Å². The summed E-state index contributed by atoms with van der Waals surface area (Å²) in [5.74, 6) is 0.305. The summed E-state index contributed by atoms with van der Waals surface area (Å²) in [6.07, 6.45) is 1.49. The molecule has 1 aliphatic heterocycles. The number of benzene rings is 2. The Labute approximate surface area is 287 Å². The molecule has 0 aliphatic carbocycles. The highest BCUT2D eigenvalue weighted by molar-refractivity contribution is 7.91. The molecular weight excluding hydrogens is 657 g/mol. The van der Waals surface area contributed by atoms with E-state index in [-0.39, 0.29) is 41.5 Å². The number of rotatable bonds is 9. The Kier molecular flexibility index (Phi) is 13.2. The van der Waals surface area contributed by atoms with Gasteiger partial charge in [-0.15, -0.1) is 11.3 Å². The fourth-order valence-corrected chi connectivity index (χ4v) is 7.73. The maximum Gasteiger partial charge on any atom is 0.323 e. The van der Waals surface area contributed by atoms with E-state index in [4.69, 9.17) is 14.2 Å². The molecule has 2 heterocycles. The highest BCUT2D eigenvalue weighted by atomic mass is 32.2. The monoisotopic (exact) mass is 702 g/mol. The molecule has 0 radical (unpaired) electrons. The Hall–Kier alpha value is -3.69. The molecule has 48 heavy (non-hydrogen) atoms. The highest BCUT2D eigenvalue weighted by Crippen LogP contribution is 2.29. The van der Waals surface area contributed by atoms with Crippen molar-refractivity contribution in [3.8, 4) is 11.5 Å². The Morgan fingerprint density at radius 3 is 2.50 bits per heavy atom. The summed E-state index contributed by atoms with van der Waals surface area (Å²) in [7, 11) is -0.628. The molecular formula is C34H46N4O8S2. The molecule has 0 unspecified atom stereocenters. The molecule has 3 amide bonds. The first-order valence-corrected chi connectivity index (χ1v) is 18.3. The standard InChI is InChI=1S/C34H46N4O8S2/c1-23-20-38(24(2)22-39)33(40)29-19-27(36-34(41)35-26-11-14-28(44-5)15-12-26)13-16-30(29)46-25(3)9-6-7-17-45-31(23)21-37(4)48(42,43)32-10-8-18-47-32/h8,10-16,18-19,23-25,31,39H,6-7,9,17,20-22H2,1-5H3,(H2,35,36,41)/t23-,24+,25+,31-/m1/s1. The van der Waals surface area contributed by atoms with Crippen molar-refractivity contribution in [2.45, 2.75) is 62.5 Å². The zero-order valence-electron chi connectivity index (χ0n) is 28.0. The minimum absolute atomic E-state index is 0.0877. The van der Waals surface area contributed by atoms with E-state index in [1.54, 1.807) is 78.9 Å². The Morgan fingerprint density at radius 2 is 1.83 bits per heavy atom. The van der Waals surface area contributed by atoms with Crippen molar-refractivity contribution in [1.82, 2.24) is 9.21 Å². The van der Waals surface area contributed by atoms with Crippen LogP contribution in [0.15, 0.2) is 64.2 Å². The maximum atomic E-state index is 14.3. The minimum atomic E-state index is -3.72. The lowest BCUT2D eigenvalue weighted by atomic mass is 10.0. The summed E-state index contributed by atoms with van der Waals surface area (Å²) in [5, 5.41) is 17.5. The van der Waals surface area contributed by atoms with Gasteiger partial charge in [-0.2, -0.15) is 4.31 Å². The molecule has 2 aromatic carbocycles. The van der Waals surface area contributed by atoms with Crippen molar-refractivity contribution >= 4 is 44.7 Å². The average molecular weight is 703 g/mol. The quantitative estimate of drug-likeness (QED) is 0.264. The lowest BCUT2D eigenvalue weighted by molar-refractivity contribution is -0.00832. The first-order valence-electron chi connectivity index (χ1n) is 16.0. The summed E-state index contributed by atoms with van der Waals surface area (Å²) >= 11 is 1.15. The topological polar surface area (TPSA) is 147 Å². The molecule has 0 saturated heterocycles. The molecule has 4 atom stereocenters. The second-order valence-corrected chi connectivity index (χ2v) is 15.3. The molecule has 3 aromatic rings. The van der Waals surface area contributed by atoms with Crippen LogP contribution in [0.3, 0.4) is 0 Å². The number of sulfonamides is 1. The van der Waals surface area contributed by atoms with Crippen LogP contribution >= 0.6 is 11.3 Å². The molecule has 1 aliphatic rings. The summed E-state index contributed by atoms with van der Waals surface area (Å²) < 4.78 is 45.8. The van der Waals surface area contributed by atoms with Gasteiger partial charge in [-0.25, -0.2) is 13.2 Å². The molecule has 4 rings (SSSR count). The van der Waals surface area contributed by atoms with Crippen LogP contribution in [-0.2, 0) is 14.8 Å². The fourth-order valence-electron chi connectivity index (χ4n) is 5.35. The second kappa shape index (κ2) is 17.1. The van der Waals surface area contributed by atoms with Crippen molar-refractivity contribution in [1.29, 1.82) is 0 Å². The van der Waals surface area contributed by atoms with Crippen molar-refractivity contribution in [3.05, 3.63) is 65.5 Å². The number of urea groups is 1. The number of aliphatic hydroxyl groups is 1. The van der Waals surface area contributed by atoms with Gasteiger partial charge in [0.1, 0.15) is 15.7 Å². The van der Waals surface area contributed by atoms with Crippen LogP contribution in [-0.4, -0.2) is 93.4 Å². The fraction of sp³-hybridized carbons (Fsp3) is 0.471. The Bertz CT molecular complexity index is 1600. The number of methoxy groups -OCH3 is 1. The molecule has 262 valence electrons. The van der Waals surface area contributed by atoms with Crippen LogP contribution in [0.25, 0.3) is 0 Å². The molecule has 12 nitrogen and oxygen atoms in total. The van der Waals surface area contributed by atoms with Crippen LogP contribution in [0.2, 0.25) is 0 Å². The third-order valence-electron chi connectivity index (χ3n) is 8.25. The number of likely N-dealkylation sites (N-methyl/N-ethyl adjacent to an activating group) is 1. The number of anilines is 2. The number of aliphatic hydroxyl groups excluding tert-OH is 1. The number of nitrogens with one attached hydrogen (secondary N) is 2. The van der Waals surface area contributed by atoms with E-state index >= 15 is 0 Å². The summed E-state index contributed by atoms with van der Waals surface area (Å²) in [4.78, 5) is 28.8. The van der Waals surface area contributed by atoms with Crippen LogP contribution in [0.4, 0.5) is 16.2 Å². The summed E-state index contributed by atoms with van der Waals surface area (Å²) in [6.45, 7) is 5.96. The predicted molar refractivity (Wildman–Crippen MR) is 187 cm³/mol. The third-order valence-corrected chi connectivity index (χ3v) is 11.5. The zero-order valence-corrected chi connectivity index (χ0v) is 29.7. The lowest BCUT2D eigenvalue weighted by Gasteiger charge is -2.35. The number of thiophene rings is 1. The van der Waals surface area contributed by atoms with E-state index in [0.29, 0.717) is 35.9 Å². The highest BCUT2D eigenvalue weighted by Gasteiger charge is 2.32. The Balaban J connectivity index is 1.61. The van der Waals surface area contributed by atoms with E-state index in [1.165, 1.54) is 11.4 Å². The van der Waals surface area contributed by atoms with Crippen molar-refractivity contribution in [3.63, 3.8) is 0 Å². The molecule has 3 N–H and O–H groups in total. The van der Waals surface area contributed by atoms with Gasteiger partial charge in [-0.1, -0.05) is 13.0 Å². The lowest BCUT2D eigenvalue weighted by Crippen LogP contribution is -2.48. The third kappa shape index (κ3) is 9.69. The number of nitrogens with zero attached hydrogens (tertiary/aromatic N) is 2. The maximum absolute atomic E-state index is 14.3. The SMILES string of the molecule is COc1ccc(NC(=O)Nc2ccc3c(c2)C(=O)N([C@@H](C)CO)C[C@@H](C)[C@@H](CN(C)S(=O)(=O)c2cccs2)OCCCC[C@H](C)O3)cc1. The van der Waals surface area contributed by atoms with Crippen LogP contribution in [0.5, 0.6) is 11.5 Å². The van der Waals surface area contributed by atoms with Gasteiger partial charge in [-0.05, 0) is 87.0 Å². The van der Waals surface area contributed by atoms with Gasteiger partial charge >= 0.3 is 6.03 Å². The van der Waals surface area contributed by atoms with E-state index in [0.717, 1.165) is 24.2 Å². The summed E-state index contributed by atoms with van der Waals surface area (Å²) in [6, 6.07) is 14.0. The smallest absolute Gasteiger partial charge is 0.323 e. The van der Waals surface area contributed by atoms with Gasteiger partial charge in [-0.3, -0.25) is 4.79 Å². The van der Waals surface area contributed by atoms with Crippen LogP contribution < -0.4 is 20.1 Å². The van der Waals surface area contributed by atoms with Gasteiger partial charge in [0.2, 0.25) is 0 Å². The zero-order chi connectivity index (χ0) is 34.8. The molecule has 0 bridgehead atoms. The normalized spacial score (nSPS) is 20.3. The molecule has 0 saturated carbocycles. The Morgan fingerprint density at radius 1 is 1.12 bits per heavy atom. The predicted octanol–water partition coefficient (Wildman–Crippen LogP) is 5.52. The molecule has 1 aromatic heterocycles. The minimum Gasteiger partial charge on any atom is -0.497 e. The number of fused-ring (bicyclic) bond motifs is 1. The van der Waals surface area contributed by atoms with Crippen molar-refractivity contribution < 1.29 is 37.3 Å². The van der Waals surface area contributed by atoms with Gasteiger partial charge in [0, 0.05) is 44.0 Å². The second-order valence-electron chi connectivity index (χ2n) is 12.0. The van der Waals surface area contributed by atoms with Crippen LogP contribution in [0.1, 0.15) is 50.4 Å². The van der Waals surface area contributed by atoms with E-state index < -0.39 is 34.1 Å². The molecule has 0 spiro atoms. The number of carbonyl (C=O) groups excluding carboxylic acids is 2. The summed E-state index contributed by atoms with van der Waals surface area (Å²) in [5.41, 5.74) is 1.16. The van der Waals surface area contributed by atoms with Gasteiger partial charge in [0.25, 0.3) is 15.9 Å². The van der Waals surface area contributed by atoms with Gasteiger partial charge in [0.15, 0.2) is 0 Å². The van der Waals surface area contributed by atoms with E-state index in [2.05, 4.69) is 10.6 Å². The number of amides is 3. The number of hydrogen-bond acceptors (Lipinski definition) is 9. The number of carbonyl (C=O) groups is 2. The van der Waals surface area contributed by atoms with Crippen molar-refractivity contribution in [2.75, 3.05) is 51.1 Å². The molecule has 14 heteroatoms. The number of ether oxygens (including phenoxy) is 3. The number of hydrogen-bond donors (Lipinski definition) is 3. The average Bonchev–Trinajstić information content (AvgIpc) is 3.62. The van der Waals surface area contributed by atoms with Gasteiger partial charge < -0.3 is 34.9 Å².